The standard InChI is InChI=1S/C39H57N5O7S/c1-8-21-40-34(47)30(45)27(22-24-17-18-24)41-33(46)29-28-26(38(28,5)6)23-44(29)36(49)32(37(2,3)4)42-35(48)31(39(7)19-13-10-14-20-39)43-52(50,51)25-15-11-9-12-16-25/h8-9,11-12,15-16,24,26-29,31-32,43H,1,10,13-14,17-23H2,2-7H3,(H,40,47)(H,41,46)(H,42,48)/t26-,27?,28-,29-,31+,32+/m0/s1. The number of carbonyl (C=O) groups excluding carboxylic acids is 5. The lowest BCUT2D eigenvalue weighted by Crippen LogP contribution is -2.64. The summed E-state index contributed by atoms with van der Waals surface area (Å²) < 4.78 is 29.9. The number of Topliss-reactive ketones (excluding diaryl/α,β-unsaturated/α-hetero) is 1. The van der Waals surface area contributed by atoms with Gasteiger partial charge in [0.1, 0.15) is 18.1 Å². The van der Waals surface area contributed by atoms with Crippen molar-refractivity contribution in [1.29, 1.82) is 0 Å². The highest BCUT2D eigenvalue weighted by molar-refractivity contribution is 7.89. The van der Waals surface area contributed by atoms with Crippen LogP contribution in [0.15, 0.2) is 47.9 Å². The molecule has 286 valence electrons. The van der Waals surface area contributed by atoms with Crippen molar-refractivity contribution in [2.45, 2.75) is 122 Å². The Hall–Kier alpha value is -3.58. The van der Waals surface area contributed by atoms with Gasteiger partial charge in [0.05, 0.1) is 10.9 Å². The number of rotatable bonds is 15. The zero-order valence-corrected chi connectivity index (χ0v) is 32.3. The molecule has 52 heavy (non-hydrogen) atoms. The van der Waals surface area contributed by atoms with E-state index in [9.17, 15) is 32.4 Å². The third-order valence-electron chi connectivity index (χ3n) is 12.0. The van der Waals surface area contributed by atoms with E-state index < -0.39 is 74.4 Å². The minimum atomic E-state index is -4.09. The Morgan fingerprint density at radius 3 is 2.19 bits per heavy atom. The first-order valence-electron chi connectivity index (χ1n) is 18.7. The predicted octanol–water partition coefficient (Wildman–Crippen LogP) is 3.47. The summed E-state index contributed by atoms with van der Waals surface area (Å²) >= 11 is 0. The van der Waals surface area contributed by atoms with Crippen molar-refractivity contribution in [2.24, 2.45) is 34.0 Å². The van der Waals surface area contributed by atoms with Gasteiger partial charge in [0.2, 0.25) is 33.5 Å². The Morgan fingerprint density at radius 2 is 1.62 bits per heavy atom. The summed E-state index contributed by atoms with van der Waals surface area (Å²) in [5.41, 5.74) is -1.74. The van der Waals surface area contributed by atoms with E-state index in [1.807, 2.05) is 27.7 Å². The van der Waals surface area contributed by atoms with Gasteiger partial charge in [-0.1, -0.05) is 97.9 Å². The van der Waals surface area contributed by atoms with Crippen LogP contribution in [0.1, 0.15) is 92.9 Å². The smallest absolute Gasteiger partial charge is 0.289 e. The van der Waals surface area contributed by atoms with Crippen LogP contribution in [0, 0.1) is 34.0 Å². The number of nitrogens with one attached hydrogen (secondary N) is 4. The van der Waals surface area contributed by atoms with Crippen molar-refractivity contribution in [3.63, 3.8) is 0 Å². The molecule has 1 aliphatic heterocycles. The summed E-state index contributed by atoms with van der Waals surface area (Å²) in [5, 5.41) is 8.33. The number of benzene rings is 1. The van der Waals surface area contributed by atoms with E-state index in [0.29, 0.717) is 25.8 Å². The van der Waals surface area contributed by atoms with Gasteiger partial charge in [0.25, 0.3) is 5.91 Å². The minimum absolute atomic E-state index is 0.0311. The average Bonchev–Trinajstić information content (AvgIpc) is 3.95. The van der Waals surface area contributed by atoms with Gasteiger partial charge in [0, 0.05) is 13.1 Å². The average molecular weight is 740 g/mol. The third kappa shape index (κ3) is 8.46. The highest BCUT2D eigenvalue weighted by Crippen LogP contribution is 2.65. The van der Waals surface area contributed by atoms with E-state index in [1.54, 1.807) is 18.2 Å². The number of hydrogen-bond acceptors (Lipinski definition) is 7. The Balaban J connectivity index is 1.40. The second-order valence-corrected chi connectivity index (χ2v) is 19.1. The first-order chi connectivity index (χ1) is 24.3. The van der Waals surface area contributed by atoms with Crippen LogP contribution in [0.25, 0.3) is 0 Å². The van der Waals surface area contributed by atoms with Crippen LogP contribution in [0.3, 0.4) is 0 Å². The van der Waals surface area contributed by atoms with Crippen LogP contribution in [-0.2, 0) is 34.0 Å². The van der Waals surface area contributed by atoms with Gasteiger partial charge in [-0.05, 0) is 65.4 Å². The van der Waals surface area contributed by atoms with Crippen LogP contribution in [0.5, 0.6) is 0 Å². The van der Waals surface area contributed by atoms with Crippen molar-refractivity contribution in [2.75, 3.05) is 13.1 Å². The fraction of sp³-hybridized carbons (Fsp3) is 0.667. The number of amides is 4. The van der Waals surface area contributed by atoms with E-state index in [4.69, 9.17) is 0 Å². The first kappa shape index (κ1) is 39.6. The number of nitrogens with zero attached hydrogens (tertiary/aromatic N) is 1. The molecule has 0 spiro atoms. The molecule has 13 heteroatoms. The lowest BCUT2D eigenvalue weighted by Gasteiger charge is -2.42. The second kappa shape index (κ2) is 15.0. The van der Waals surface area contributed by atoms with Crippen LogP contribution >= 0.6 is 0 Å². The molecule has 5 rings (SSSR count). The number of sulfonamides is 1. The van der Waals surface area contributed by atoms with Gasteiger partial charge < -0.3 is 20.9 Å². The summed E-state index contributed by atoms with van der Waals surface area (Å²) in [5.74, 6) is -2.98. The second-order valence-electron chi connectivity index (χ2n) is 17.4. The van der Waals surface area contributed by atoms with Crippen LogP contribution < -0.4 is 20.7 Å². The molecule has 0 aromatic heterocycles. The van der Waals surface area contributed by atoms with E-state index in [2.05, 4.69) is 41.1 Å². The molecular weight excluding hydrogens is 683 g/mol. The Morgan fingerprint density at radius 1 is 0.981 bits per heavy atom. The summed E-state index contributed by atoms with van der Waals surface area (Å²) in [6.07, 6.45) is 7.58. The molecule has 4 fully saturated rings. The maximum Gasteiger partial charge on any atom is 0.289 e. The first-order valence-corrected chi connectivity index (χ1v) is 20.2. The molecular formula is C39H57N5O7S. The number of ketones is 1. The predicted molar refractivity (Wildman–Crippen MR) is 197 cm³/mol. The fourth-order valence-corrected chi connectivity index (χ4v) is 9.78. The molecule has 4 amide bonds. The summed E-state index contributed by atoms with van der Waals surface area (Å²) in [6.45, 7) is 15.5. The normalized spacial score (nSPS) is 25.1. The zero-order valence-electron chi connectivity index (χ0n) is 31.5. The number of fused-ring (bicyclic) bond motifs is 1. The maximum atomic E-state index is 14.7. The number of carbonyl (C=O) groups is 5. The van der Waals surface area contributed by atoms with Crippen molar-refractivity contribution in [3.8, 4) is 0 Å². The molecule has 1 saturated heterocycles. The topological polar surface area (TPSA) is 171 Å². The molecule has 4 N–H and O–H groups in total. The van der Waals surface area contributed by atoms with Crippen molar-refractivity contribution in [1.82, 2.24) is 25.6 Å². The van der Waals surface area contributed by atoms with Crippen molar-refractivity contribution >= 4 is 39.4 Å². The summed E-state index contributed by atoms with van der Waals surface area (Å²) in [6, 6.07) is 3.72. The molecule has 1 aromatic carbocycles. The van der Waals surface area contributed by atoms with Gasteiger partial charge in [0.15, 0.2) is 0 Å². The lowest BCUT2D eigenvalue weighted by atomic mass is 9.70. The molecule has 3 aliphatic carbocycles. The van der Waals surface area contributed by atoms with E-state index in [1.165, 1.54) is 23.1 Å². The van der Waals surface area contributed by atoms with E-state index >= 15 is 0 Å². The quantitative estimate of drug-likeness (QED) is 0.158. The van der Waals surface area contributed by atoms with Crippen LogP contribution in [0.4, 0.5) is 0 Å². The summed E-state index contributed by atoms with van der Waals surface area (Å²) in [7, 11) is -4.09. The van der Waals surface area contributed by atoms with Crippen LogP contribution in [-0.4, -0.2) is 80.0 Å². The lowest BCUT2D eigenvalue weighted by molar-refractivity contribution is -0.147. The number of piperidine rings is 1. The molecule has 0 radical (unpaired) electrons. The monoisotopic (exact) mass is 739 g/mol. The Kier molecular flexibility index (Phi) is 11.5. The molecule has 12 nitrogen and oxygen atoms in total. The minimum Gasteiger partial charge on any atom is -0.346 e. The van der Waals surface area contributed by atoms with Crippen molar-refractivity contribution < 1.29 is 32.4 Å². The molecule has 4 aliphatic rings. The van der Waals surface area contributed by atoms with E-state index in [0.717, 1.165) is 32.1 Å². The Bertz CT molecular complexity index is 1660. The van der Waals surface area contributed by atoms with Gasteiger partial charge in [-0.2, -0.15) is 4.72 Å². The Labute approximate surface area is 308 Å². The highest BCUT2D eigenvalue weighted by Gasteiger charge is 2.70. The SMILES string of the molecule is C=CCNC(=O)C(=O)C(CC1CC1)NC(=O)[C@@H]1[C@@H]2[C@H](CN1C(=O)[C@@H](NC(=O)[C@@H](NS(=O)(=O)c1ccccc1)C1(C)CCCCC1)C(C)(C)C)C2(C)C. The van der Waals surface area contributed by atoms with Gasteiger partial charge in [-0.25, -0.2) is 8.42 Å². The molecule has 0 bridgehead atoms. The zero-order chi connectivity index (χ0) is 38.2. The van der Waals surface area contributed by atoms with Gasteiger partial charge >= 0.3 is 0 Å². The van der Waals surface area contributed by atoms with Crippen molar-refractivity contribution in [3.05, 3.63) is 43.0 Å². The van der Waals surface area contributed by atoms with Crippen LogP contribution in [0.2, 0.25) is 0 Å². The van der Waals surface area contributed by atoms with Gasteiger partial charge in [-0.15, -0.1) is 6.58 Å². The molecule has 1 heterocycles. The van der Waals surface area contributed by atoms with Gasteiger partial charge in [-0.3, -0.25) is 24.0 Å². The largest absolute Gasteiger partial charge is 0.346 e. The van der Waals surface area contributed by atoms with E-state index in [-0.39, 0.29) is 34.6 Å². The number of likely N-dealkylation sites (tertiary alicyclic amines) is 1. The number of hydrogen-bond donors (Lipinski definition) is 4. The molecule has 1 unspecified atom stereocenters. The third-order valence-corrected chi connectivity index (χ3v) is 13.4. The highest BCUT2D eigenvalue weighted by atomic mass is 32.2. The summed E-state index contributed by atoms with van der Waals surface area (Å²) in [4.78, 5) is 70.8. The molecule has 3 saturated carbocycles. The fourth-order valence-electron chi connectivity index (χ4n) is 8.42. The maximum absolute atomic E-state index is 14.7. The molecule has 6 atom stereocenters. The molecule has 1 aromatic rings.